The van der Waals surface area contributed by atoms with Crippen molar-refractivity contribution in [2.75, 3.05) is 13.3 Å². The van der Waals surface area contributed by atoms with Gasteiger partial charge in [-0.05, 0) is 18.4 Å². The Kier molecular flexibility index (Phi) is 3.62. The molecule has 0 radical (unpaired) electrons. The van der Waals surface area contributed by atoms with Crippen molar-refractivity contribution < 1.29 is 9.53 Å². The van der Waals surface area contributed by atoms with Gasteiger partial charge in [0.2, 0.25) is 0 Å². The number of hydrogen-bond donors (Lipinski definition) is 1. The summed E-state index contributed by atoms with van der Waals surface area (Å²) in [6.45, 7) is 1.76. The molecule has 0 atom stereocenters. The number of ketones is 1. The SMILES string of the molecule is O=C1CCCC2=C1CN(COCc1ccccc1)N2. The van der Waals surface area contributed by atoms with Gasteiger partial charge in [0, 0.05) is 17.7 Å². The molecule has 0 saturated carbocycles. The van der Waals surface area contributed by atoms with E-state index in [0.717, 1.165) is 29.7 Å². The van der Waals surface area contributed by atoms with Crippen molar-refractivity contribution in [3.63, 3.8) is 0 Å². The van der Waals surface area contributed by atoms with Gasteiger partial charge in [-0.25, -0.2) is 0 Å². The number of ether oxygens (including phenoxy) is 1. The van der Waals surface area contributed by atoms with Gasteiger partial charge >= 0.3 is 0 Å². The largest absolute Gasteiger partial charge is 0.360 e. The number of rotatable bonds is 4. The van der Waals surface area contributed by atoms with Crippen LogP contribution < -0.4 is 5.43 Å². The van der Waals surface area contributed by atoms with Crippen LogP contribution >= 0.6 is 0 Å². The first-order valence-electron chi connectivity index (χ1n) is 6.71. The molecule has 0 amide bonds. The van der Waals surface area contributed by atoms with E-state index in [-0.39, 0.29) is 0 Å². The Morgan fingerprint density at radius 2 is 2.05 bits per heavy atom. The molecule has 100 valence electrons. The Hall–Kier alpha value is -1.65. The monoisotopic (exact) mass is 258 g/mol. The molecule has 1 aromatic carbocycles. The lowest BCUT2D eigenvalue weighted by Crippen LogP contribution is -2.34. The Balaban J connectivity index is 1.47. The maximum Gasteiger partial charge on any atom is 0.162 e. The number of allylic oxidation sites excluding steroid dienone is 1. The van der Waals surface area contributed by atoms with E-state index < -0.39 is 0 Å². The van der Waals surface area contributed by atoms with Gasteiger partial charge in [0.1, 0.15) is 6.73 Å². The van der Waals surface area contributed by atoms with Gasteiger partial charge in [-0.1, -0.05) is 30.3 Å². The number of nitrogens with one attached hydrogen (secondary N) is 1. The Bertz CT molecular complexity index is 496. The van der Waals surface area contributed by atoms with E-state index in [0.29, 0.717) is 32.1 Å². The van der Waals surface area contributed by atoms with Gasteiger partial charge in [-0.3, -0.25) is 4.79 Å². The van der Waals surface area contributed by atoms with Crippen molar-refractivity contribution in [2.24, 2.45) is 0 Å². The molecule has 0 fully saturated rings. The first-order valence-corrected chi connectivity index (χ1v) is 6.71. The predicted molar refractivity (Wildman–Crippen MR) is 71.8 cm³/mol. The zero-order valence-electron chi connectivity index (χ0n) is 10.9. The van der Waals surface area contributed by atoms with Crippen LogP contribution in [0.1, 0.15) is 24.8 Å². The second-order valence-electron chi connectivity index (χ2n) is 5.01. The van der Waals surface area contributed by atoms with Crippen LogP contribution in [0.2, 0.25) is 0 Å². The van der Waals surface area contributed by atoms with E-state index in [1.807, 2.05) is 35.3 Å². The summed E-state index contributed by atoms with van der Waals surface area (Å²) in [5, 5.41) is 1.97. The number of benzene rings is 1. The van der Waals surface area contributed by atoms with Crippen molar-refractivity contribution in [3.8, 4) is 0 Å². The summed E-state index contributed by atoms with van der Waals surface area (Å²) in [5.74, 6) is 0.291. The molecule has 1 aliphatic heterocycles. The summed E-state index contributed by atoms with van der Waals surface area (Å²) in [6.07, 6.45) is 2.64. The van der Waals surface area contributed by atoms with E-state index in [1.165, 1.54) is 0 Å². The average Bonchev–Trinajstić information content (AvgIpc) is 2.84. The molecule has 1 N–H and O–H groups in total. The number of carbonyl (C=O) groups excluding carboxylic acids is 1. The highest BCUT2D eigenvalue weighted by Crippen LogP contribution is 2.25. The molecule has 4 heteroatoms. The second kappa shape index (κ2) is 5.55. The van der Waals surface area contributed by atoms with Gasteiger partial charge in [0.05, 0.1) is 13.2 Å². The molecule has 0 aromatic heterocycles. The Morgan fingerprint density at radius 1 is 1.21 bits per heavy atom. The standard InChI is InChI=1S/C15H18N2O2/c18-15-8-4-7-14-13(15)9-17(16-14)11-19-10-12-5-2-1-3-6-12/h1-3,5-6,16H,4,7-11H2. The molecule has 2 aliphatic rings. The third-order valence-corrected chi connectivity index (χ3v) is 3.53. The van der Waals surface area contributed by atoms with Crippen LogP contribution in [0.25, 0.3) is 0 Å². The average molecular weight is 258 g/mol. The third kappa shape index (κ3) is 2.85. The lowest BCUT2D eigenvalue weighted by atomic mass is 9.96. The molecule has 1 aromatic rings. The van der Waals surface area contributed by atoms with Gasteiger partial charge in [-0.15, -0.1) is 0 Å². The fraction of sp³-hybridized carbons (Fsp3) is 0.400. The van der Waals surface area contributed by atoms with Crippen LogP contribution in [-0.2, 0) is 16.1 Å². The second-order valence-corrected chi connectivity index (χ2v) is 5.01. The van der Waals surface area contributed by atoms with E-state index in [1.54, 1.807) is 0 Å². The molecule has 1 aliphatic carbocycles. The lowest BCUT2D eigenvalue weighted by Gasteiger charge is -2.17. The quantitative estimate of drug-likeness (QED) is 0.896. The molecule has 19 heavy (non-hydrogen) atoms. The predicted octanol–water partition coefficient (Wildman–Crippen LogP) is 1.99. The van der Waals surface area contributed by atoms with Crippen LogP contribution in [-0.4, -0.2) is 24.1 Å². The zero-order valence-corrected chi connectivity index (χ0v) is 10.9. The van der Waals surface area contributed by atoms with E-state index in [2.05, 4.69) is 5.43 Å². The first kappa shape index (κ1) is 12.4. The topological polar surface area (TPSA) is 41.6 Å². The molecule has 0 bridgehead atoms. The zero-order chi connectivity index (χ0) is 13.1. The van der Waals surface area contributed by atoms with Crippen LogP contribution in [0, 0.1) is 0 Å². The number of hydrazine groups is 1. The number of carbonyl (C=O) groups is 1. The molecular formula is C15H18N2O2. The minimum Gasteiger partial charge on any atom is -0.360 e. The normalized spacial score (nSPS) is 19.5. The molecular weight excluding hydrogens is 240 g/mol. The van der Waals surface area contributed by atoms with Gasteiger partial charge < -0.3 is 10.2 Å². The first-order chi connectivity index (χ1) is 9.33. The lowest BCUT2D eigenvalue weighted by molar-refractivity contribution is -0.116. The minimum atomic E-state index is 0.291. The van der Waals surface area contributed by atoms with Crippen LogP contribution in [0.5, 0.6) is 0 Å². The summed E-state index contributed by atoms with van der Waals surface area (Å²) < 4.78 is 5.67. The Labute approximate surface area is 113 Å². The van der Waals surface area contributed by atoms with Crippen molar-refractivity contribution >= 4 is 5.78 Å². The van der Waals surface area contributed by atoms with Crippen molar-refractivity contribution in [3.05, 3.63) is 47.2 Å². The smallest absolute Gasteiger partial charge is 0.162 e. The fourth-order valence-electron chi connectivity index (χ4n) is 2.55. The summed E-state index contributed by atoms with van der Waals surface area (Å²) in [4.78, 5) is 11.8. The number of nitrogens with zero attached hydrogens (tertiary/aromatic N) is 1. The van der Waals surface area contributed by atoms with E-state index >= 15 is 0 Å². The number of hydrogen-bond acceptors (Lipinski definition) is 4. The van der Waals surface area contributed by atoms with Crippen molar-refractivity contribution in [1.82, 2.24) is 10.4 Å². The molecule has 0 spiro atoms. The van der Waals surface area contributed by atoms with Crippen LogP contribution in [0.3, 0.4) is 0 Å². The summed E-state index contributed by atoms with van der Waals surface area (Å²) in [5.41, 5.74) is 6.49. The molecule has 3 rings (SSSR count). The summed E-state index contributed by atoms with van der Waals surface area (Å²) in [6, 6.07) is 10.1. The highest BCUT2D eigenvalue weighted by Gasteiger charge is 2.28. The van der Waals surface area contributed by atoms with Gasteiger partial charge in [0.25, 0.3) is 0 Å². The Morgan fingerprint density at radius 3 is 2.84 bits per heavy atom. The minimum absolute atomic E-state index is 0.291. The van der Waals surface area contributed by atoms with Crippen molar-refractivity contribution in [1.29, 1.82) is 0 Å². The van der Waals surface area contributed by atoms with Crippen LogP contribution in [0.15, 0.2) is 41.6 Å². The molecule has 0 unspecified atom stereocenters. The molecule has 1 heterocycles. The van der Waals surface area contributed by atoms with Gasteiger partial charge in [-0.2, -0.15) is 5.01 Å². The maximum absolute atomic E-state index is 11.8. The summed E-state index contributed by atoms with van der Waals surface area (Å²) >= 11 is 0. The summed E-state index contributed by atoms with van der Waals surface area (Å²) in [7, 11) is 0. The van der Waals surface area contributed by atoms with E-state index in [4.69, 9.17) is 4.74 Å². The highest BCUT2D eigenvalue weighted by molar-refractivity contribution is 5.97. The van der Waals surface area contributed by atoms with Crippen molar-refractivity contribution in [2.45, 2.75) is 25.9 Å². The third-order valence-electron chi connectivity index (χ3n) is 3.53. The van der Waals surface area contributed by atoms with Gasteiger partial charge in [0.15, 0.2) is 5.78 Å². The van der Waals surface area contributed by atoms with E-state index in [9.17, 15) is 4.79 Å². The maximum atomic E-state index is 11.8. The number of Topliss-reactive ketones (excluding diaryl/α,β-unsaturated/α-hetero) is 1. The molecule has 0 saturated heterocycles. The molecule has 4 nitrogen and oxygen atoms in total. The fourth-order valence-corrected chi connectivity index (χ4v) is 2.55. The van der Waals surface area contributed by atoms with Crippen LogP contribution in [0.4, 0.5) is 0 Å². The highest BCUT2D eigenvalue weighted by atomic mass is 16.5.